The fourth-order valence-electron chi connectivity index (χ4n) is 1.86. The smallest absolute Gasteiger partial charge is 0.145 e. The van der Waals surface area contributed by atoms with E-state index in [2.05, 4.69) is 31.9 Å². The Morgan fingerprint density at radius 2 is 1.68 bits per heavy atom. The van der Waals surface area contributed by atoms with Gasteiger partial charge >= 0.3 is 0 Å². The van der Waals surface area contributed by atoms with E-state index in [-0.39, 0.29) is 10.0 Å². The van der Waals surface area contributed by atoms with Gasteiger partial charge in [-0.1, -0.05) is 28.1 Å². The van der Waals surface area contributed by atoms with Crippen LogP contribution in [0.2, 0.25) is 0 Å². The molecular weight excluding hydrogens is 380 g/mol. The molecule has 100 valence electrons. The minimum Gasteiger partial charge on any atom is -0.320 e. The molecule has 2 rings (SSSR count). The van der Waals surface area contributed by atoms with Crippen molar-refractivity contribution in [2.75, 3.05) is 0 Å². The van der Waals surface area contributed by atoms with Gasteiger partial charge in [0, 0.05) is 10.0 Å². The Kier molecular flexibility index (Phi) is 4.38. The Morgan fingerprint density at radius 1 is 1.05 bits per heavy atom. The fraction of sp³-hybridized carbons (Fsp3) is 0.143. The van der Waals surface area contributed by atoms with Crippen molar-refractivity contribution >= 4 is 31.9 Å². The lowest BCUT2D eigenvalue weighted by Gasteiger charge is -2.16. The quantitative estimate of drug-likeness (QED) is 0.729. The van der Waals surface area contributed by atoms with Crippen LogP contribution in [0, 0.1) is 18.6 Å². The summed E-state index contributed by atoms with van der Waals surface area (Å²) in [6, 6.07) is 7.07. The largest absolute Gasteiger partial charge is 0.320 e. The zero-order chi connectivity index (χ0) is 14.2. The van der Waals surface area contributed by atoms with Crippen molar-refractivity contribution in [3.05, 3.63) is 67.6 Å². The normalized spacial score (nSPS) is 12.5. The highest BCUT2D eigenvalue weighted by molar-refractivity contribution is 9.10. The summed E-state index contributed by atoms with van der Waals surface area (Å²) in [6.45, 7) is 1.90. The number of halogens is 4. The number of aryl methyl sites for hydroxylation is 1. The maximum atomic E-state index is 14.0. The Hall–Kier alpha value is -0.780. The van der Waals surface area contributed by atoms with E-state index in [0.29, 0.717) is 5.56 Å². The van der Waals surface area contributed by atoms with Gasteiger partial charge in [0.1, 0.15) is 11.6 Å². The molecule has 0 aliphatic rings. The number of benzene rings is 2. The molecule has 0 aliphatic carbocycles. The summed E-state index contributed by atoms with van der Waals surface area (Å²) in [5.74, 6) is -1.30. The summed E-state index contributed by atoms with van der Waals surface area (Å²) < 4.78 is 28.9. The lowest BCUT2D eigenvalue weighted by atomic mass is 9.97. The molecule has 0 amide bonds. The molecule has 1 unspecified atom stereocenters. The molecule has 2 N–H and O–H groups in total. The van der Waals surface area contributed by atoms with E-state index in [0.717, 1.165) is 10.0 Å². The van der Waals surface area contributed by atoms with Crippen molar-refractivity contribution in [2.24, 2.45) is 5.73 Å². The van der Waals surface area contributed by atoms with Gasteiger partial charge in [-0.3, -0.25) is 0 Å². The monoisotopic (exact) mass is 389 g/mol. The van der Waals surface area contributed by atoms with Crippen LogP contribution in [0.25, 0.3) is 0 Å². The molecule has 0 aliphatic heterocycles. The minimum atomic E-state index is -0.843. The van der Waals surface area contributed by atoms with Crippen LogP contribution in [0.1, 0.15) is 22.7 Å². The van der Waals surface area contributed by atoms with Gasteiger partial charge in [-0.05, 0) is 52.2 Å². The van der Waals surface area contributed by atoms with Crippen LogP contribution in [0.3, 0.4) is 0 Å². The van der Waals surface area contributed by atoms with Crippen LogP contribution in [0.15, 0.2) is 39.3 Å². The van der Waals surface area contributed by atoms with Crippen LogP contribution in [-0.4, -0.2) is 0 Å². The van der Waals surface area contributed by atoms with Crippen LogP contribution < -0.4 is 5.73 Å². The van der Waals surface area contributed by atoms with E-state index in [9.17, 15) is 8.78 Å². The van der Waals surface area contributed by atoms with Crippen LogP contribution in [-0.2, 0) is 0 Å². The second kappa shape index (κ2) is 5.69. The Balaban J connectivity index is 2.52. The molecule has 1 atom stereocenters. The van der Waals surface area contributed by atoms with Crippen molar-refractivity contribution in [1.29, 1.82) is 0 Å². The third-order valence-electron chi connectivity index (χ3n) is 2.93. The van der Waals surface area contributed by atoms with Crippen molar-refractivity contribution in [2.45, 2.75) is 13.0 Å². The first kappa shape index (κ1) is 14.6. The molecule has 1 nitrogen and oxygen atoms in total. The maximum Gasteiger partial charge on any atom is 0.145 e. The standard InChI is InChI=1S/C14H11Br2F2N/c1-7-6-8(2-3-9(7)15)14(19)12-11(17)5-4-10(16)13(12)18/h2-6,14H,19H2,1H3. The molecule has 0 heterocycles. The molecule has 5 heteroatoms. The summed E-state index contributed by atoms with van der Waals surface area (Å²) in [4.78, 5) is 0. The minimum absolute atomic E-state index is 0.129. The first-order valence-electron chi connectivity index (χ1n) is 5.57. The first-order chi connectivity index (χ1) is 8.91. The van der Waals surface area contributed by atoms with E-state index in [1.54, 1.807) is 6.07 Å². The summed E-state index contributed by atoms with van der Waals surface area (Å²) in [5, 5.41) is 0. The van der Waals surface area contributed by atoms with E-state index >= 15 is 0 Å². The predicted molar refractivity (Wildman–Crippen MR) is 79.0 cm³/mol. The molecule has 0 saturated heterocycles. The molecule has 2 aromatic carbocycles. The number of hydrogen-bond acceptors (Lipinski definition) is 1. The lowest BCUT2D eigenvalue weighted by Crippen LogP contribution is -2.16. The number of rotatable bonds is 2. The highest BCUT2D eigenvalue weighted by Gasteiger charge is 2.20. The molecular formula is C14H11Br2F2N. The van der Waals surface area contributed by atoms with Gasteiger partial charge < -0.3 is 5.73 Å². The van der Waals surface area contributed by atoms with E-state index in [1.807, 2.05) is 19.1 Å². The van der Waals surface area contributed by atoms with Crippen molar-refractivity contribution in [1.82, 2.24) is 0 Å². The second-order valence-electron chi connectivity index (χ2n) is 4.24. The van der Waals surface area contributed by atoms with Crippen LogP contribution in [0.4, 0.5) is 8.78 Å². The zero-order valence-corrected chi connectivity index (χ0v) is 13.2. The molecule has 0 aromatic heterocycles. The second-order valence-corrected chi connectivity index (χ2v) is 5.95. The SMILES string of the molecule is Cc1cc(C(N)c2c(F)ccc(Br)c2F)ccc1Br. The van der Waals surface area contributed by atoms with Gasteiger partial charge in [0.05, 0.1) is 10.5 Å². The van der Waals surface area contributed by atoms with E-state index < -0.39 is 17.7 Å². The Bertz CT molecular complexity index is 629. The van der Waals surface area contributed by atoms with Gasteiger partial charge in [0.2, 0.25) is 0 Å². The highest BCUT2D eigenvalue weighted by atomic mass is 79.9. The summed E-state index contributed by atoms with van der Waals surface area (Å²) in [6.07, 6.45) is 0. The van der Waals surface area contributed by atoms with E-state index in [4.69, 9.17) is 5.73 Å². The van der Waals surface area contributed by atoms with Crippen molar-refractivity contribution in [3.8, 4) is 0 Å². The van der Waals surface area contributed by atoms with Crippen molar-refractivity contribution < 1.29 is 8.78 Å². The Labute approximate surface area is 127 Å². The third-order valence-corrected chi connectivity index (χ3v) is 4.43. The van der Waals surface area contributed by atoms with Crippen LogP contribution >= 0.6 is 31.9 Å². The fourth-order valence-corrected chi connectivity index (χ4v) is 2.45. The third kappa shape index (κ3) is 2.88. The summed E-state index contributed by atoms with van der Waals surface area (Å²) in [7, 11) is 0. The van der Waals surface area contributed by atoms with Crippen molar-refractivity contribution in [3.63, 3.8) is 0 Å². The Morgan fingerprint density at radius 3 is 2.32 bits per heavy atom. The van der Waals surface area contributed by atoms with E-state index in [1.165, 1.54) is 12.1 Å². The molecule has 0 fully saturated rings. The molecule has 0 saturated carbocycles. The summed E-state index contributed by atoms with van der Waals surface area (Å²) in [5.41, 5.74) is 7.49. The van der Waals surface area contributed by atoms with Gasteiger partial charge in [0.15, 0.2) is 0 Å². The summed E-state index contributed by atoms with van der Waals surface area (Å²) >= 11 is 6.42. The molecule has 19 heavy (non-hydrogen) atoms. The number of nitrogens with two attached hydrogens (primary N) is 1. The molecule has 0 spiro atoms. The van der Waals surface area contributed by atoms with Gasteiger partial charge in [-0.2, -0.15) is 0 Å². The average Bonchev–Trinajstić information content (AvgIpc) is 2.37. The maximum absolute atomic E-state index is 14.0. The molecule has 0 radical (unpaired) electrons. The molecule has 0 bridgehead atoms. The van der Waals surface area contributed by atoms with Crippen LogP contribution in [0.5, 0.6) is 0 Å². The first-order valence-corrected chi connectivity index (χ1v) is 7.15. The average molecular weight is 391 g/mol. The highest BCUT2D eigenvalue weighted by Crippen LogP contribution is 2.30. The van der Waals surface area contributed by atoms with Gasteiger partial charge in [0.25, 0.3) is 0 Å². The predicted octanol–water partition coefficient (Wildman–Crippen LogP) is 4.85. The number of hydrogen-bond donors (Lipinski definition) is 1. The topological polar surface area (TPSA) is 26.0 Å². The lowest BCUT2D eigenvalue weighted by molar-refractivity contribution is 0.539. The van der Waals surface area contributed by atoms with Gasteiger partial charge in [-0.15, -0.1) is 0 Å². The zero-order valence-electron chi connectivity index (χ0n) is 10.1. The van der Waals surface area contributed by atoms with Gasteiger partial charge in [-0.25, -0.2) is 8.78 Å². The molecule has 2 aromatic rings.